The Kier molecular flexibility index (Phi) is 19.0. The van der Waals surface area contributed by atoms with Crippen LogP contribution in [0.15, 0.2) is 0 Å². The standard InChI is InChI=1S/C34H59N9O11/c1-9-16(4)25(41-29(48)22(13-15(2)3)40-28(47)21(35)14-24(36)45)31(50)42-26(20(8)44)32(51)38-18(6)33(52)43-12-10-11-23(43)30(49)37-17(5)27(46)39-19(7)34(53)54/h15-23,25-26,44H,9-14,35H2,1-8H3,(H2,36,45)(H,37,49)(H,38,51)(H,39,46)(H,40,47)(H,41,48)(H,42,50)(H,53,54)/t16-,17-,18-,19-,20+,21-,22-,23-,25-,26-/m0/s1. The number of nitrogens with two attached hydrogens (primary N) is 2. The Hall–Kier alpha value is -4.85. The molecule has 20 nitrogen and oxygen atoms in total. The van der Waals surface area contributed by atoms with Gasteiger partial charge >= 0.3 is 5.97 Å². The third kappa shape index (κ3) is 14.5. The molecule has 1 aliphatic rings. The maximum atomic E-state index is 13.6. The molecule has 0 radical (unpaired) electrons. The summed E-state index contributed by atoms with van der Waals surface area (Å²) >= 11 is 0. The smallest absolute Gasteiger partial charge is 0.325 e. The Labute approximate surface area is 315 Å². The zero-order chi connectivity index (χ0) is 41.6. The van der Waals surface area contributed by atoms with Gasteiger partial charge in [-0.15, -0.1) is 0 Å². The van der Waals surface area contributed by atoms with Gasteiger partial charge < -0.3 is 58.5 Å². The molecule has 0 spiro atoms. The summed E-state index contributed by atoms with van der Waals surface area (Å²) in [4.78, 5) is 115. The number of carboxylic acid groups (broad SMARTS) is 1. The normalized spacial score (nSPS) is 19.0. The number of amides is 8. The first kappa shape index (κ1) is 47.2. The molecule has 0 aromatic carbocycles. The molecule has 8 amide bonds. The first-order valence-electron chi connectivity index (χ1n) is 18.1. The molecule has 0 bridgehead atoms. The number of primary amides is 1. The van der Waals surface area contributed by atoms with Gasteiger partial charge in [-0.3, -0.25) is 43.2 Å². The van der Waals surface area contributed by atoms with Gasteiger partial charge in [-0.1, -0.05) is 34.1 Å². The van der Waals surface area contributed by atoms with E-state index < -0.39 is 120 Å². The third-order valence-corrected chi connectivity index (χ3v) is 9.00. The monoisotopic (exact) mass is 769 g/mol. The van der Waals surface area contributed by atoms with Gasteiger partial charge in [0.15, 0.2) is 0 Å². The predicted molar refractivity (Wildman–Crippen MR) is 193 cm³/mol. The summed E-state index contributed by atoms with van der Waals surface area (Å²) in [5.41, 5.74) is 10.9. The number of likely N-dealkylation sites (tertiary alicyclic amines) is 1. The summed E-state index contributed by atoms with van der Waals surface area (Å²) in [6.45, 7) is 12.4. The number of rotatable bonds is 21. The van der Waals surface area contributed by atoms with E-state index in [4.69, 9.17) is 16.6 Å². The highest BCUT2D eigenvalue weighted by Crippen LogP contribution is 2.19. The van der Waals surface area contributed by atoms with Crippen LogP contribution in [-0.4, -0.2) is 129 Å². The molecule has 306 valence electrons. The summed E-state index contributed by atoms with van der Waals surface area (Å²) in [7, 11) is 0. The average Bonchev–Trinajstić information content (AvgIpc) is 3.57. The maximum Gasteiger partial charge on any atom is 0.325 e. The first-order chi connectivity index (χ1) is 25.0. The molecular formula is C34H59N9O11. The van der Waals surface area contributed by atoms with Gasteiger partial charge in [0, 0.05) is 6.54 Å². The van der Waals surface area contributed by atoms with Crippen LogP contribution < -0.4 is 43.4 Å². The lowest BCUT2D eigenvalue weighted by molar-refractivity contribution is -0.143. The largest absolute Gasteiger partial charge is 0.480 e. The van der Waals surface area contributed by atoms with E-state index in [1.807, 2.05) is 0 Å². The Morgan fingerprint density at radius 2 is 1.28 bits per heavy atom. The van der Waals surface area contributed by atoms with Crippen LogP contribution in [-0.2, 0) is 43.2 Å². The zero-order valence-electron chi connectivity index (χ0n) is 32.3. The van der Waals surface area contributed by atoms with Crippen molar-refractivity contribution in [2.24, 2.45) is 23.3 Å². The van der Waals surface area contributed by atoms with Crippen LogP contribution in [0.2, 0.25) is 0 Å². The van der Waals surface area contributed by atoms with Gasteiger partial charge in [-0.05, 0) is 58.8 Å². The Balaban J connectivity index is 3.06. The van der Waals surface area contributed by atoms with Crippen LogP contribution in [0.5, 0.6) is 0 Å². The molecule has 0 unspecified atom stereocenters. The quantitative estimate of drug-likeness (QED) is 0.0549. The average molecular weight is 770 g/mol. The molecule has 1 rings (SSSR count). The first-order valence-corrected chi connectivity index (χ1v) is 18.1. The number of aliphatic carboxylic acids is 1. The number of hydrogen-bond acceptors (Lipinski definition) is 11. The van der Waals surface area contributed by atoms with Gasteiger partial charge in [-0.25, -0.2) is 0 Å². The number of aliphatic hydroxyl groups excluding tert-OH is 1. The van der Waals surface area contributed by atoms with Crippen LogP contribution in [0.1, 0.15) is 87.5 Å². The zero-order valence-corrected chi connectivity index (χ0v) is 32.3. The summed E-state index contributed by atoms with van der Waals surface area (Å²) in [6, 6.07) is -9.78. The summed E-state index contributed by atoms with van der Waals surface area (Å²) in [5.74, 6) is -7.96. The molecule has 54 heavy (non-hydrogen) atoms. The van der Waals surface area contributed by atoms with Crippen molar-refractivity contribution in [2.45, 2.75) is 142 Å². The van der Waals surface area contributed by atoms with E-state index in [-0.39, 0.29) is 25.3 Å². The van der Waals surface area contributed by atoms with Crippen molar-refractivity contribution in [1.82, 2.24) is 36.8 Å². The second kappa shape index (κ2) is 21.8. The van der Waals surface area contributed by atoms with Crippen LogP contribution in [0.4, 0.5) is 0 Å². The van der Waals surface area contributed by atoms with Crippen molar-refractivity contribution in [3.8, 4) is 0 Å². The minimum Gasteiger partial charge on any atom is -0.480 e. The molecule has 20 heteroatoms. The fourth-order valence-corrected chi connectivity index (χ4v) is 5.59. The van der Waals surface area contributed by atoms with Gasteiger partial charge in [0.25, 0.3) is 0 Å². The van der Waals surface area contributed by atoms with Gasteiger partial charge in [0.05, 0.1) is 18.6 Å². The fourth-order valence-electron chi connectivity index (χ4n) is 5.59. The number of nitrogens with one attached hydrogen (secondary N) is 6. The summed E-state index contributed by atoms with van der Waals surface area (Å²) in [5, 5.41) is 34.3. The second-order valence-corrected chi connectivity index (χ2v) is 14.3. The molecular weight excluding hydrogens is 710 g/mol. The second-order valence-electron chi connectivity index (χ2n) is 14.3. The maximum absolute atomic E-state index is 13.6. The van der Waals surface area contributed by atoms with Crippen molar-refractivity contribution in [2.75, 3.05) is 6.54 Å². The van der Waals surface area contributed by atoms with E-state index in [0.717, 1.165) is 0 Å². The SMILES string of the molecule is CC[C@H](C)[C@H](NC(=O)[C@H](CC(C)C)NC(=O)[C@@H](N)CC(N)=O)C(=O)N[C@H](C(=O)N[C@@H](C)C(=O)N1CCC[C@H]1C(=O)N[C@@H](C)C(=O)N[C@@H](C)C(=O)O)[C@@H](C)O. The minimum atomic E-state index is -1.58. The topological polar surface area (TPSA) is 322 Å². The molecule has 0 aromatic heterocycles. The Morgan fingerprint density at radius 1 is 0.722 bits per heavy atom. The lowest BCUT2D eigenvalue weighted by Gasteiger charge is -2.31. The molecule has 1 fully saturated rings. The number of carboxylic acids is 1. The molecule has 0 aliphatic carbocycles. The van der Waals surface area contributed by atoms with Crippen molar-refractivity contribution in [1.29, 1.82) is 0 Å². The minimum absolute atomic E-state index is 0.0908. The van der Waals surface area contributed by atoms with Crippen LogP contribution in [0.3, 0.4) is 0 Å². The number of nitrogens with zero attached hydrogens (tertiary/aromatic N) is 1. The summed E-state index contributed by atoms with van der Waals surface area (Å²) < 4.78 is 0. The van der Waals surface area contributed by atoms with E-state index in [9.17, 15) is 48.3 Å². The van der Waals surface area contributed by atoms with Gasteiger partial charge in [0.2, 0.25) is 47.3 Å². The fraction of sp³-hybridized carbons (Fsp3) is 0.735. The molecule has 1 heterocycles. The van der Waals surface area contributed by atoms with Gasteiger partial charge in [0.1, 0.15) is 42.3 Å². The Morgan fingerprint density at radius 3 is 1.80 bits per heavy atom. The van der Waals surface area contributed by atoms with Crippen molar-refractivity contribution >= 4 is 53.2 Å². The summed E-state index contributed by atoms with van der Waals surface area (Å²) in [6.07, 6.45) is -0.661. The van der Waals surface area contributed by atoms with Crippen LogP contribution in [0.25, 0.3) is 0 Å². The lowest BCUT2D eigenvalue weighted by atomic mass is 9.96. The van der Waals surface area contributed by atoms with E-state index in [1.54, 1.807) is 27.7 Å². The molecule has 12 N–H and O–H groups in total. The number of carbonyl (C=O) groups excluding carboxylic acids is 8. The number of hydrogen-bond donors (Lipinski definition) is 10. The molecule has 0 saturated carbocycles. The number of aliphatic hydroxyl groups is 1. The highest BCUT2D eigenvalue weighted by atomic mass is 16.4. The van der Waals surface area contributed by atoms with E-state index in [2.05, 4.69) is 31.9 Å². The van der Waals surface area contributed by atoms with Crippen molar-refractivity contribution in [3.05, 3.63) is 0 Å². The lowest BCUT2D eigenvalue weighted by Crippen LogP contribution is -2.62. The van der Waals surface area contributed by atoms with E-state index in [0.29, 0.717) is 12.8 Å². The highest BCUT2D eigenvalue weighted by molar-refractivity contribution is 5.98. The number of carbonyl (C=O) groups is 9. The molecule has 0 aromatic rings. The Bertz CT molecular complexity index is 1390. The molecule has 1 aliphatic heterocycles. The molecule has 10 atom stereocenters. The van der Waals surface area contributed by atoms with Gasteiger partial charge in [-0.2, -0.15) is 0 Å². The van der Waals surface area contributed by atoms with E-state index in [1.165, 1.54) is 32.6 Å². The highest BCUT2D eigenvalue weighted by Gasteiger charge is 2.39. The van der Waals surface area contributed by atoms with Crippen LogP contribution in [0, 0.1) is 11.8 Å². The van der Waals surface area contributed by atoms with Crippen molar-refractivity contribution < 1.29 is 53.4 Å². The molecule has 1 saturated heterocycles. The third-order valence-electron chi connectivity index (χ3n) is 9.00. The van der Waals surface area contributed by atoms with Crippen molar-refractivity contribution in [3.63, 3.8) is 0 Å². The predicted octanol–water partition coefficient (Wildman–Crippen LogP) is -3.29. The van der Waals surface area contributed by atoms with Crippen LogP contribution >= 0.6 is 0 Å². The van der Waals surface area contributed by atoms with E-state index >= 15 is 0 Å².